The van der Waals surface area contributed by atoms with Gasteiger partial charge >= 0.3 is 0 Å². The molecule has 2 aliphatic heterocycles. The van der Waals surface area contributed by atoms with Crippen molar-refractivity contribution in [2.45, 2.75) is 31.8 Å². The molecule has 2 fully saturated rings. The second kappa shape index (κ2) is 5.67. The van der Waals surface area contributed by atoms with Crippen LogP contribution in [0.25, 0.3) is 0 Å². The van der Waals surface area contributed by atoms with Crippen LogP contribution < -0.4 is 5.73 Å². The summed E-state index contributed by atoms with van der Waals surface area (Å²) in [5.41, 5.74) is 6.57. The van der Waals surface area contributed by atoms with Gasteiger partial charge in [0.25, 0.3) is 5.91 Å². The highest BCUT2D eigenvalue weighted by Gasteiger charge is 2.36. The molecule has 0 radical (unpaired) electrons. The van der Waals surface area contributed by atoms with E-state index in [0.29, 0.717) is 27.3 Å². The summed E-state index contributed by atoms with van der Waals surface area (Å²) in [6, 6.07) is 3.91. The molecule has 2 heterocycles. The van der Waals surface area contributed by atoms with Gasteiger partial charge in [-0.3, -0.25) is 9.69 Å². The molecule has 4 nitrogen and oxygen atoms in total. The van der Waals surface area contributed by atoms with Crippen LogP contribution in [0.3, 0.4) is 0 Å². The van der Waals surface area contributed by atoms with E-state index in [1.807, 2.05) is 4.90 Å². The van der Waals surface area contributed by atoms with Crippen LogP contribution in [-0.4, -0.2) is 47.4 Å². The summed E-state index contributed by atoms with van der Waals surface area (Å²) >= 11 is 12.1. The van der Waals surface area contributed by atoms with Gasteiger partial charge in [0.15, 0.2) is 0 Å². The molecule has 0 spiro atoms. The second-order valence-electron chi connectivity index (χ2n) is 5.95. The molecular weight excluding hydrogens is 309 g/mol. The van der Waals surface area contributed by atoms with Crippen LogP contribution in [0.5, 0.6) is 0 Å². The Morgan fingerprint density at radius 3 is 2.62 bits per heavy atom. The van der Waals surface area contributed by atoms with E-state index in [-0.39, 0.29) is 11.9 Å². The zero-order chi connectivity index (χ0) is 15.1. The van der Waals surface area contributed by atoms with E-state index in [9.17, 15) is 4.79 Å². The highest BCUT2D eigenvalue weighted by atomic mass is 35.5. The number of nitrogens with two attached hydrogens (primary N) is 1. The lowest BCUT2D eigenvalue weighted by molar-refractivity contribution is 0.0395. The summed E-state index contributed by atoms with van der Waals surface area (Å²) in [5, 5.41) is 0.663. The molecule has 6 heteroatoms. The number of hydrogen-bond acceptors (Lipinski definition) is 3. The minimum atomic E-state index is -0.0159. The van der Waals surface area contributed by atoms with E-state index in [1.54, 1.807) is 12.1 Å². The molecule has 2 atom stereocenters. The summed E-state index contributed by atoms with van der Waals surface area (Å²) in [4.78, 5) is 17.2. The topological polar surface area (TPSA) is 49.6 Å². The first kappa shape index (κ1) is 14.9. The third kappa shape index (κ3) is 2.72. The number of piperazine rings is 1. The predicted octanol–water partition coefficient (Wildman–Crippen LogP) is 2.88. The van der Waals surface area contributed by atoms with Crippen molar-refractivity contribution >= 4 is 34.8 Å². The Balaban J connectivity index is 1.84. The van der Waals surface area contributed by atoms with Crippen LogP contribution >= 0.6 is 23.2 Å². The molecule has 1 aromatic carbocycles. The Bertz CT molecular complexity index is 555. The van der Waals surface area contributed by atoms with Gasteiger partial charge in [-0.1, -0.05) is 23.2 Å². The standard InChI is InChI=1S/C15H19Cl2N3O/c1-9-7-19-4-2-3-11(19)8-20(9)15(21)10-5-12(16)14(18)13(17)6-10/h5-6,9,11H,2-4,7-8,18H2,1H3. The number of hydrogen-bond donors (Lipinski definition) is 1. The van der Waals surface area contributed by atoms with Crippen LogP contribution in [0.15, 0.2) is 12.1 Å². The van der Waals surface area contributed by atoms with Crippen molar-refractivity contribution in [3.05, 3.63) is 27.7 Å². The van der Waals surface area contributed by atoms with Crippen molar-refractivity contribution in [1.82, 2.24) is 9.80 Å². The van der Waals surface area contributed by atoms with Gasteiger partial charge in [0, 0.05) is 30.7 Å². The number of carbonyl (C=O) groups is 1. The summed E-state index contributed by atoms with van der Waals surface area (Å²) in [5.74, 6) is -0.0159. The Labute approximate surface area is 134 Å². The molecule has 0 bridgehead atoms. The summed E-state index contributed by atoms with van der Waals surface area (Å²) < 4.78 is 0. The van der Waals surface area contributed by atoms with Gasteiger partial charge in [-0.15, -0.1) is 0 Å². The number of nitrogens with zero attached hydrogens (tertiary/aromatic N) is 2. The highest BCUT2D eigenvalue weighted by molar-refractivity contribution is 6.39. The smallest absolute Gasteiger partial charge is 0.254 e. The number of rotatable bonds is 1. The van der Waals surface area contributed by atoms with Crippen molar-refractivity contribution in [1.29, 1.82) is 0 Å². The zero-order valence-electron chi connectivity index (χ0n) is 12.0. The van der Waals surface area contributed by atoms with Crippen LogP contribution in [0.4, 0.5) is 5.69 Å². The number of benzene rings is 1. The largest absolute Gasteiger partial charge is 0.396 e. The lowest BCUT2D eigenvalue weighted by atomic mass is 10.1. The Morgan fingerprint density at radius 2 is 1.95 bits per heavy atom. The van der Waals surface area contributed by atoms with Crippen LogP contribution in [0.1, 0.15) is 30.1 Å². The van der Waals surface area contributed by atoms with Crippen LogP contribution in [0.2, 0.25) is 10.0 Å². The molecule has 2 N–H and O–H groups in total. The highest BCUT2D eigenvalue weighted by Crippen LogP contribution is 2.31. The molecule has 0 aliphatic carbocycles. The lowest BCUT2D eigenvalue weighted by Gasteiger charge is -2.42. The minimum Gasteiger partial charge on any atom is -0.396 e. The number of nitrogen functional groups attached to an aromatic ring is 1. The number of carbonyl (C=O) groups excluding carboxylic acids is 1. The maximum Gasteiger partial charge on any atom is 0.254 e. The third-order valence-corrected chi connectivity index (χ3v) is 5.15. The zero-order valence-corrected chi connectivity index (χ0v) is 13.5. The number of anilines is 1. The quantitative estimate of drug-likeness (QED) is 0.807. The molecule has 3 rings (SSSR count). The van der Waals surface area contributed by atoms with E-state index in [2.05, 4.69) is 11.8 Å². The Kier molecular flexibility index (Phi) is 4.04. The fraction of sp³-hybridized carbons (Fsp3) is 0.533. The fourth-order valence-corrected chi connectivity index (χ4v) is 3.83. The monoisotopic (exact) mass is 327 g/mol. The maximum atomic E-state index is 12.8. The molecule has 1 aromatic rings. The summed E-state index contributed by atoms with van der Waals surface area (Å²) in [6.07, 6.45) is 2.39. The van der Waals surface area contributed by atoms with E-state index in [4.69, 9.17) is 28.9 Å². The van der Waals surface area contributed by atoms with Gasteiger partial charge < -0.3 is 10.6 Å². The molecule has 0 saturated carbocycles. The van der Waals surface area contributed by atoms with Gasteiger partial charge in [-0.05, 0) is 38.4 Å². The van der Waals surface area contributed by atoms with E-state index in [0.717, 1.165) is 19.6 Å². The normalized spacial score (nSPS) is 26.0. The molecule has 2 unspecified atom stereocenters. The molecule has 2 saturated heterocycles. The number of amides is 1. The molecular formula is C15H19Cl2N3O. The average Bonchev–Trinajstić information content (AvgIpc) is 2.89. The third-order valence-electron chi connectivity index (χ3n) is 4.52. The number of halogens is 2. The second-order valence-corrected chi connectivity index (χ2v) is 6.77. The van der Waals surface area contributed by atoms with Crippen molar-refractivity contribution in [3.63, 3.8) is 0 Å². The van der Waals surface area contributed by atoms with Gasteiger partial charge in [0.1, 0.15) is 0 Å². The van der Waals surface area contributed by atoms with E-state index >= 15 is 0 Å². The van der Waals surface area contributed by atoms with Crippen molar-refractivity contribution in [2.24, 2.45) is 0 Å². The summed E-state index contributed by atoms with van der Waals surface area (Å²) in [7, 11) is 0. The minimum absolute atomic E-state index is 0.0159. The van der Waals surface area contributed by atoms with Crippen LogP contribution in [0, 0.1) is 0 Å². The molecule has 1 amide bonds. The summed E-state index contributed by atoms with van der Waals surface area (Å²) in [6.45, 7) is 4.95. The Hall–Kier alpha value is -0.970. The van der Waals surface area contributed by atoms with Crippen molar-refractivity contribution in [3.8, 4) is 0 Å². The van der Waals surface area contributed by atoms with E-state index < -0.39 is 0 Å². The average molecular weight is 328 g/mol. The van der Waals surface area contributed by atoms with Crippen LogP contribution in [-0.2, 0) is 0 Å². The lowest BCUT2D eigenvalue weighted by Crippen LogP contribution is -2.56. The molecule has 21 heavy (non-hydrogen) atoms. The molecule has 0 aromatic heterocycles. The molecule has 114 valence electrons. The number of fused-ring (bicyclic) bond motifs is 1. The van der Waals surface area contributed by atoms with Gasteiger partial charge in [-0.2, -0.15) is 0 Å². The predicted molar refractivity (Wildman–Crippen MR) is 86.0 cm³/mol. The Morgan fingerprint density at radius 1 is 1.29 bits per heavy atom. The van der Waals surface area contributed by atoms with Gasteiger partial charge in [0.2, 0.25) is 0 Å². The first-order valence-electron chi connectivity index (χ1n) is 7.27. The van der Waals surface area contributed by atoms with Crippen molar-refractivity contribution < 1.29 is 4.79 Å². The molecule has 2 aliphatic rings. The first-order valence-corrected chi connectivity index (χ1v) is 8.02. The maximum absolute atomic E-state index is 12.8. The SMILES string of the molecule is CC1CN2CCCC2CN1C(=O)c1cc(Cl)c(N)c(Cl)c1. The van der Waals surface area contributed by atoms with Gasteiger partial charge in [0.05, 0.1) is 15.7 Å². The van der Waals surface area contributed by atoms with Gasteiger partial charge in [-0.25, -0.2) is 0 Å². The van der Waals surface area contributed by atoms with E-state index in [1.165, 1.54) is 12.8 Å². The first-order chi connectivity index (χ1) is 9.97. The fourth-order valence-electron chi connectivity index (χ4n) is 3.34. The van der Waals surface area contributed by atoms with Crippen molar-refractivity contribution in [2.75, 3.05) is 25.4 Å².